The third-order valence-electron chi connectivity index (χ3n) is 3.33. The number of carbonyl (C=O) groups is 1. The van der Waals surface area contributed by atoms with E-state index in [0.717, 1.165) is 44.9 Å². The van der Waals surface area contributed by atoms with Gasteiger partial charge in [0.15, 0.2) is 0 Å². The van der Waals surface area contributed by atoms with E-state index in [9.17, 15) is 4.79 Å². The Morgan fingerprint density at radius 3 is 2.28 bits per heavy atom. The van der Waals surface area contributed by atoms with Gasteiger partial charge in [-0.3, -0.25) is 4.79 Å². The Bertz CT molecular complexity index is 243. The van der Waals surface area contributed by atoms with Gasteiger partial charge in [-0.05, 0) is 37.3 Å². The molecule has 0 unspecified atom stereocenters. The summed E-state index contributed by atoms with van der Waals surface area (Å²) in [5.74, 6) is 1.09. The topological polar surface area (TPSA) is 32.3 Å². The van der Waals surface area contributed by atoms with Gasteiger partial charge in [0.1, 0.15) is 0 Å². The summed E-state index contributed by atoms with van der Waals surface area (Å²) in [4.78, 5) is 14.1. The zero-order valence-electron chi connectivity index (χ0n) is 12.3. The minimum Gasteiger partial charge on any atom is -0.343 e. The Morgan fingerprint density at radius 2 is 1.83 bits per heavy atom. The molecule has 18 heavy (non-hydrogen) atoms. The van der Waals surface area contributed by atoms with E-state index in [2.05, 4.69) is 33.0 Å². The van der Waals surface area contributed by atoms with E-state index < -0.39 is 0 Å². The molecule has 0 aliphatic carbocycles. The minimum absolute atomic E-state index is 0. The summed E-state index contributed by atoms with van der Waals surface area (Å²) in [6.07, 6.45) is 2.98. The van der Waals surface area contributed by atoms with Crippen LogP contribution >= 0.6 is 12.4 Å². The van der Waals surface area contributed by atoms with Crippen LogP contribution in [0.5, 0.6) is 0 Å². The number of carbonyl (C=O) groups excluding carboxylic acids is 1. The predicted octanol–water partition coefficient (Wildman–Crippen LogP) is 2.69. The monoisotopic (exact) mass is 276 g/mol. The molecule has 1 N–H and O–H groups in total. The van der Waals surface area contributed by atoms with Crippen LogP contribution in [0.15, 0.2) is 0 Å². The number of likely N-dealkylation sites (tertiary alicyclic amines) is 1. The van der Waals surface area contributed by atoms with Gasteiger partial charge in [-0.2, -0.15) is 0 Å². The van der Waals surface area contributed by atoms with Gasteiger partial charge in [0.25, 0.3) is 0 Å². The van der Waals surface area contributed by atoms with Gasteiger partial charge < -0.3 is 10.2 Å². The Morgan fingerprint density at radius 1 is 1.28 bits per heavy atom. The quantitative estimate of drug-likeness (QED) is 0.856. The first-order valence-corrected chi connectivity index (χ1v) is 6.91. The van der Waals surface area contributed by atoms with Crippen molar-refractivity contribution in [3.8, 4) is 0 Å². The van der Waals surface area contributed by atoms with Crippen molar-refractivity contribution < 1.29 is 4.79 Å². The number of rotatable bonds is 4. The maximum absolute atomic E-state index is 12.0. The summed E-state index contributed by atoms with van der Waals surface area (Å²) in [7, 11) is 0. The maximum Gasteiger partial charge on any atom is 0.223 e. The van der Waals surface area contributed by atoms with Crippen molar-refractivity contribution in [2.45, 2.75) is 47.0 Å². The molecule has 1 heterocycles. The average molecular weight is 277 g/mol. The van der Waals surface area contributed by atoms with Crippen LogP contribution in [0.25, 0.3) is 0 Å². The lowest BCUT2D eigenvalue weighted by molar-refractivity contribution is -0.134. The molecule has 0 aromatic rings. The maximum atomic E-state index is 12.0. The normalized spacial score (nSPS) is 17.4. The fourth-order valence-electron chi connectivity index (χ4n) is 2.30. The molecule has 0 radical (unpaired) electrons. The zero-order valence-corrected chi connectivity index (χ0v) is 13.1. The van der Waals surface area contributed by atoms with Crippen molar-refractivity contribution in [2.24, 2.45) is 11.3 Å². The smallest absolute Gasteiger partial charge is 0.223 e. The van der Waals surface area contributed by atoms with Crippen molar-refractivity contribution in [2.75, 3.05) is 26.2 Å². The number of hydrogen-bond acceptors (Lipinski definition) is 2. The number of amides is 1. The molecule has 1 aliphatic heterocycles. The highest BCUT2D eigenvalue weighted by molar-refractivity contribution is 5.85. The number of nitrogens with one attached hydrogen (secondary N) is 1. The molecule has 0 aromatic carbocycles. The van der Waals surface area contributed by atoms with Crippen LogP contribution in [0.4, 0.5) is 0 Å². The molecule has 3 nitrogen and oxygen atoms in total. The SMILES string of the molecule is CCNCC1CCN(C(=O)CC(C)(C)C)CC1.Cl. The van der Waals surface area contributed by atoms with Crippen LogP contribution in [0.2, 0.25) is 0 Å². The summed E-state index contributed by atoms with van der Waals surface area (Å²) in [6.45, 7) is 12.6. The second kappa shape index (κ2) is 8.00. The predicted molar refractivity (Wildman–Crippen MR) is 79.2 cm³/mol. The molecule has 1 aliphatic rings. The third-order valence-corrected chi connectivity index (χ3v) is 3.33. The Labute approximate surface area is 118 Å². The Kier molecular flexibility index (Phi) is 7.88. The second-order valence-electron chi connectivity index (χ2n) is 6.37. The fraction of sp³-hybridized carbons (Fsp3) is 0.929. The highest BCUT2D eigenvalue weighted by Crippen LogP contribution is 2.23. The summed E-state index contributed by atoms with van der Waals surface area (Å²) >= 11 is 0. The minimum atomic E-state index is 0. The van der Waals surface area contributed by atoms with Crippen LogP contribution < -0.4 is 5.32 Å². The molecule has 0 bridgehead atoms. The summed E-state index contributed by atoms with van der Waals surface area (Å²) in [5.41, 5.74) is 0.109. The molecule has 0 saturated carbocycles. The van der Waals surface area contributed by atoms with Crippen LogP contribution in [-0.4, -0.2) is 37.0 Å². The third kappa shape index (κ3) is 6.60. The van der Waals surface area contributed by atoms with Gasteiger partial charge in [0, 0.05) is 19.5 Å². The molecular weight excluding hydrogens is 248 g/mol. The van der Waals surface area contributed by atoms with Crippen molar-refractivity contribution in [3.05, 3.63) is 0 Å². The largest absolute Gasteiger partial charge is 0.343 e. The number of hydrogen-bond donors (Lipinski definition) is 1. The van der Waals surface area contributed by atoms with Crippen molar-refractivity contribution in [1.82, 2.24) is 10.2 Å². The van der Waals surface area contributed by atoms with E-state index in [1.165, 1.54) is 0 Å². The zero-order chi connectivity index (χ0) is 12.9. The first kappa shape index (κ1) is 17.7. The fourth-order valence-corrected chi connectivity index (χ4v) is 2.30. The van der Waals surface area contributed by atoms with Crippen LogP contribution in [0, 0.1) is 11.3 Å². The van der Waals surface area contributed by atoms with Crippen molar-refractivity contribution in [3.63, 3.8) is 0 Å². The standard InChI is InChI=1S/C14H28N2O.ClH/c1-5-15-11-12-6-8-16(9-7-12)13(17)10-14(2,3)4;/h12,15H,5-11H2,1-4H3;1H. The summed E-state index contributed by atoms with van der Waals surface area (Å²) in [5, 5.41) is 3.40. The van der Waals surface area contributed by atoms with Gasteiger partial charge in [-0.1, -0.05) is 27.7 Å². The number of halogens is 1. The van der Waals surface area contributed by atoms with E-state index >= 15 is 0 Å². The molecule has 1 saturated heterocycles. The van der Waals surface area contributed by atoms with E-state index in [4.69, 9.17) is 0 Å². The average Bonchev–Trinajstić information content (AvgIpc) is 2.24. The van der Waals surface area contributed by atoms with Crippen molar-refractivity contribution in [1.29, 1.82) is 0 Å². The van der Waals surface area contributed by atoms with E-state index in [1.807, 2.05) is 4.90 Å². The molecule has 1 rings (SSSR count). The van der Waals surface area contributed by atoms with Gasteiger partial charge in [-0.15, -0.1) is 12.4 Å². The first-order valence-electron chi connectivity index (χ1n) is 6.91. The van der Waals surface area contributed by atoms with Gasteiger partial charge in [0.05, 0.1) is 0 Å². The van der Waals surface area contributed by atoms with E-state index in [0.29, 0.717) is 12.3 Å². The molecule has 0 aromatic heterocycles. The lowest BCUT2D eigenvalue weighted by atomic mass is 9.90. The second-order valence-corrected chi connectivity index (χ2v) is 6.37. The molecule has 0 spiro atoms. The number of piperidine rings is 1. The van der Waals surface area contributed by atoms with Gasteiger partial charge in [-0.25, -0.2) is 0 Å². The lowest BCUT2D eigenvalue weighted by Crippen LogP contribution is -2.41. The van der Waals surface area contributed by atoms with Crippen LogP contribution in [-0.2, 0) is 4.79 Å². The van der Waals surface area contributed by atoms with Gasteiger partial charge >= 0.3 is 0 Å². The molecule has 0 atom stereocenters. The summed E-state index contributed by atoms with van der Waals surface area (Å²) in [6, 6.07) is 0. The van der Waals surface area contributed by atoms with Crippen molar-refractivity contribution >= 4 is 18.3 Å². The molecular formula is C14H29ClN2O. The first-order chi connectivity index (χ1) is 7.92. The molecule has 4 heteroatoms. The lowest BCUT2D eigenvalue weighted by Gasteiger charge is -2.33. The molecule has 1 fully saturated rings. The van der Waals surface area contributed by atoms with Gasteiger partial charge in [0.2, 0.25) is 5.91 Å². The van der Waals surface area contributed by atoms with Crippen LogP contribution in [0.3, 0.4) is 0 Å². The highest BCUT2D eigenvalue weighted by Gasteiger charge is 2.25. The summed E-state index contributed by atoms with van der Waals surface area (Å²) < 4.78 is 0. The molecule has 108 valence electrons. The van der Waals surface area contributed by atoms with E-state index in [-0.39, 0.29) is 17.8 Å². The molecule has 1 amide bonds. The highest BCUT2D eigenvalue weighted by atomic mass is 35.5. The Balaban J connectivity index is 0.00000289. The number of nitrogens with zero attached hydrogens (tertiary/aromatic N) is 1. The van der Waals surface area contributed by atoms with E-state index in [1.54, 1.807) is 0 Å². The Hall–Kier alpha value is -0.280. The van der Waals surface area contributed by atoms with Crippen LogP contribution in [0.1, 0.15) is 47.0 Å².